The van der Waals surface area contributed by atoms with Gasteiger partial charge in [0.25, 0.3) is 5.91 Å². The Morgan fingerprint density at radius 1 is 1.04 bits per heavy atom. The van der Waals surface area contributed by atoms with Crippen molar-refractivity contribution in [3.8, 4) is 11.5 Å². The van der Waals surface area contributed by atoms with E-state index in [1.54, 1.807) is 18.2 Å². The third-order valence-electron chi connectivity index (χ3n) is 3.54. The van der Waals surface area contributed by atoms with Crippen molar-refractivity contribution in [3.63, 3.8) is 0 Å². The Morgan fingerprint density at radius 2 is 1.63 bits per heavy atom. The van der Waals surface area contributed by atoms with Gasteiger partial charge in [0.05, 0.1) is 29.5 Å². The Labute approximate surface area is 163 Å². The van der Waals surface area contributed by atoms with Crippen molar-refractivity contribution >= 4 is 34.5 Å². The summed E-state index contributed by atoms with van der Waals surface area (Å²) in [5, 5.41) is 7.59. The SMILES string of the molecule is CCOc1cc(NC(=O)c2cccs2)c(OCC)cc1NC(=O)CC(C)C. The molecule has 2 N–H and O–H groups in total. The highest BCUT2D eigenvalue weighted by molar-refractivity contribution is 7.12. The van der Waals surface area contributed by atoms with Crippen LogP contribution in [-0.4, -0.2) is 25.0 Å². The summed E-state index contributed by atoms with van der Waals surface area (Å²) < 4.78 is 11.3. The Bertz CT molecular complexity index is 773. The molecule has 1 heterocycles. The maximum absolute atomic E-state index is 12.4. The van der Waals surface area contributed by atoms with E-state index in [9.17, 15) is 9.59 Å². The number of rotatable bonds is 9. The normalized spacial score (nSPS) is 10.6. The van der Waals surface area contributed by atoms with Crippen LogP contribution in [0.4, 0.5) is 11.4 Å². The van der Waals surface area contributed by atoms with Gasteiger partial charge in [-0.3, -0.25) is 9.59 Å². The molecule has 0 bridgehead atoms. The van der Waals surface area contributed by atoms with Crippen molar-refractivity contribution in [2.24, 2.45) is 5.92 Å². The molecule has 1 aromatic carbocycles. The van der Waals surface area contributed by atoms with E-state index >= 15 is 0 Å². The zero-order chi connectivity index (χ0) is 19.8. The van der Waals surface area contributed by atoms with Crippen molar-refractivity contribution in [3.05, 3.63) is 34.5 Å². The number of carbonyl (C=O) groups excluding carboxylic acids is 2. The van der Waals surface area contributed by atoms with Gasteiger partial charge in [0.2, 0.25) is 5.91 Å². The van der Waals surface area contributed by atoms with E-state index in [0.29, 0.717) is 47.4 Å². The summed E-state index contributed by atoms with van der Waals surface area (Å²) in [6, 6.07) is 6.95. The van der Waals surface area contributed by atoms with Crippen molar-refractivity contribution in [2.45, 2.75) is 34.1 Å². The molecule has 146 valence electrons. The van der Waals surface area contributed by atoms with E-state index in [2.05, 4.69) is 10.6 Å². The standard InChI is InChI=1S/C20H26N2O4S/c1-5-25-16-12-15(22-20(24)18-8-7-9-27-18)17(26-6-2)11-14(16)21-19(23)10-13(3)4/h7-9,11-13H,5-6,10H2,1-4H3,(H,21,23)(H,22,24). The molecule has 0 fully saturated rings. The van der Waals surface area contributed by atoms with Crippen LogP contribution in [0.3, 0.4) is 0 Å². The fourth-order valence-corrected chi connectivity index (χ4v) is 3.09. The van der Waals surface area contributed by atoms with Crippen LogP contribution in [0.2, 0.25) is 0 Å². The lowest BCUT2D eigenvalue weighted by atomic mass is 10.1. The first kappa shape index (κ1) is 20.8. The smallest absolute Gasteiger partial charge is 0.265 e. The number of anilines is 2. The highest BCUT2D eigenvalue weighted by Gasteiger charge is 2.17. The van der Waals surface area contributed by atoms with Crippen LogP contribution in [-0.2, 0) is 4.79 Å². The van der Waals surface area contributed by atoms with E-state index < -0.39 is 0 Å². The van der Waals surface area contributed by atoms with Crippen LogP contribution >= 0.6 is 11.3 Å². The van der Waals surface area contributed by atoms with Crippen molar-refractivity contribution < 1.29 is 19.1 Å². The minimum atomic E-state index is -0.218. The average Bonchev–Trinajstić information content (AvgIpc) is 3.12. The maximum atomic E-state index is 12.4. The quantitative estimate of drug-likeness (QED) is 0.646. The number of hydrogen-bond donors (Lipinski definition) is 2. The molecule has 2 aromatic rings. The lowest BCUT2D eigenvalue weighted by Gasteiger charge is -2.18. The van der Waals surface area contributed by atoms with Gasteiger partial charge in [0, 0.05) is 18.6 Å². The number of nitrogens with one attached hydrogen (secondary N) is 2. The zero-order valence-corrected chi connectivity index (χ0v) is 16.9. The summed E-state index contributed by atoms with van der Waals surface area (Å²) in [6.07, 6.45) is 0.409. The summed E-state index contributed by atoms with van der Waals surface area (Å²) in [5.74, 6) is 0.898. The highest BCUT2D eigenvalue weighted by atomic mass is 32.1. The maximum Gasteiger partial charge on any atom is 0.265 e. The Kier molecular flexibility index (Phi) is 7.67. The van der Waals surface area contributed by atoms with Crippen LogP contribution in [0.1, 0.15) is 43.8 Å². The molecule has 6 nitrogen and oxygen atoms in total. The molecule has 0 atom stereocenters. The van der Waals surface area contributed by atoms with E-state index in [1.807, 2.05) is 39.1 Å². The van der Waals surface area contributed by atoms with Crippen LogP contribution in [0.15, 0.2) is 29.6 Å². The molecule has 0 saturated carbocycles. The Hall–Kier alpha value is -2.54. The summed E-state index contributed by atoms with van der Waals surface area (Å²) in [5.41, 5.74) is 1.03. The second kappa shape index (κ2) is 9.97. The molecule has 0 spiro atoms. The molecule has 2 amide bonds. The van der Waals surface area contributed by atoms with E-state index in [0.717, 1.165) is 0 Å². The zero-order valence-electron chi connectivity index (χ0n) is 16.1. The van der Waals surface area contributed by atoms with Gasteiger partial charge in [-0.1, -0.05) is 19.9 Å². The van der Waals surface area contributed by atoms with Gasteiger partial charge in [-0.25, -0.2) is 0 Å². The number of ether oxygens (including phenoxy) is 2. The van der Waals surface area contributed by atoms with Crippen LogP contribution in [0, 0.1) is 5.92 Å². The average molecular weight is 391 g/mol. The number of benzene rings is 1. The lowest BCUT2D eigenvalue weighted by Crippen LogP contribution is -2.16. The molecule has 0 unspecified atom stereocenters. The first-order valence-corrected chi connectivity index (χ1v) is 9.90. The highest BCUT2D eigenvalue weighted by Crippen LogP contribution is 2.37. The molecule has 7 heteroatoms. The van der Waals surface area contributed by atoms with Gasteiger partial charge >= 0.3 is 0 Å². The van der Waals surface area contributed by atoms with Crippen LogP contribution in [0.25, 0.3) is 0 Å². The predicted molar refractivity (Wildman–Crippen MR) is 109 cm³/mol. The molecule has 1 aromatic heterocycles. The summed E-state index contributed by atoms with van der Waals surface area (Å²) in [7, 11) is 0. The van der Waals surface area contributed by atoms with Crippen molar-refractivity contribution in [2.75, 3.05) is 23.8 Å². The second-order valence-corrected chi connectivity index (χ2v) is 7.24. The van der Waals surface area contributed by atoms with E-state index in [4.69, 9.17) is 9.47 Å². The van der Waals surface area contributed by atoms with Crippen molar-refractivity contribution in [1.29, 1.82) is 0 Å². The van der Waals surface area contributed by atoms with Crippen LogP contribution in [0.5, 0.6) is 11.5 Å². The number of amides is 2. The molecule has 0 saturated heterocycles. The third-order valence-corrected chi connectivity index (χ3v) is 4.41. The molecular formula is C20H26N2O4S. The Balaban J connectivity index is 2.33. The molecule has 0 aliphatic rings. The van der Waals surface area contributed by atoms with Gasteiger partial charge in [-0.05, 0) is 31.2 Å². The molecule has 0 aliphatic carbocycles. The summed E-state index contributed by atoms with van der Waals surface area (Å²) >= 11 is 1.36. The van der Waals surface area contributed by atoms with Crippen molar-refractivity contribution in [1.82, 2.24) is 0 Å². The number of hydrogen-bond acceptors (Lipinski definition) is 5. The Morgan fingerprint density at radius 3 is 2.11 bits per heavy atom. The lowest BCUT2D eigenvalue weighted by molar-refractivity contribution is -0.116. The van der Waals surface area contributed by atoms with Gasteiger partial charge in [-0.2, -0.15) is 0 Å². The fourth-order valence-electron chi connectivity index (χ4n) is 2.47. The van der Waals surface area contributed by atoms with Gasteiger partial charge in [0.15, 0.2) is 0 Å². The van der Waals surface area contributed by atoms with E-state index in [-0.39, 0.29) is 17.7 Å². The summed E-state index contributed by atoms with van der Waals surface area (Å²) in [4.78, 5) is 25.2. The molecule has 2 rings (SSSR count). The van der Waals surface area contributed by atoms with E-state index in [1.165, 1.54) is 11.3 Å². The van der Waals surface area contributed by atoms with Gasteiger partial charge in [0.1, 0.15) is 11.5 Å². The summed E-state index contributed by atoms with van der Waals surface area (Å²) in [6.45, 7) is 8.54. The van der Waals surface area contributed by atoms with Gasteiger partial charge in [-0.15, -0.1) is 11.3 Å². The molecule has 0 aliphatic heterocycles. The first-order chi connectivity index (χ1) is 12.9. The largest absolute Gasteiger partial charge is 0.492 e. The molecule has 0 radical (unpaired) electrons. The fraction of sp³-hybridized carbons (Fsp3) is 0.400. The number of carbonyl (C=O) groups is 2. The minimum Gasteiger partial charge on any atom is -0.492 e. The first-order valence-electron chi connectivity index (χ1n) is 9.02. The second-order valence-electron chi connectivity index (χ2n) is 6.29. The molecular weight excluding hydrogens is 364 g/mol. The monoisotopic (exact) mass is 390 g/mol. The molecule has 27 heavy (non-hydrogen) atoms. The third kappa shape index (κ3) is 5.99. The van der Waals surface area contributed by atoms with Crippen LogP contribution < -0.4 is 20.1 Å². The number of thiophene rings is 1. The van der Waals surface area contributed by atoms with Gasteiger partial charge < -0.3 is 20.1 Å². The minimum absolute atomic E-state index is 0.0937. The predicted octanol–water partition coefficient (Wildman–Crippen LogP) is 4.78. The topological polar surface area (TPSA) is 76.7 Å².